The van der Waals surface area contributed by atoms with E-state index in [0.29, 0.717) is 24.5 Å². The molecule has 8 heteroatoms. The molecular formula is C22H19FN6O. The van der Waals surface area contributed by atoms with Crippen LogP contribution in [0.15, 0.2) is 55.1 Å². The predicted octanol–water partition coefficient (Wildman–Crippen LogP) is 3.27. The molecule has 1 atom stereocenters. The molecule has 4 heterocycles. The number of hydrogen-bond donors (Lipinski definition) is 1. The first-order chi connectivity index (χ1) is 14.5. The number of aromatic nitrogens is 4. The van der Waals surface area contributed by atoms with Crippen LogP contribution in [0.2, 0.25) is 0 Å². The highest BCUT2D eigenvalue weighted by Crippen LogP contribution is 2.35. The third-order valence-electron chi connectivity index (χ3n) is 5.59. The molecule has 1 saturated heterocycles. The molecule has 1 aromatic carbocycles. The topological polar surface area (TPSA) is 89.9 Å². The number of amides is 1. The van der Waals surface area contributed by atoms with Gasteiger partial charge in [-0.1, -0.05) is 12.1 Å². The van der Waals surface area contributed by atoms with E-state index in [1.807, 2.05) is 42.1 Å². The van der Waals surface area contributed by atoms with Gasteiger partial charge in [0.15, 0.2) is 0 Å². The first-order valence-electron chi connectivity index (χ1n) is 9.61. The van der Waals surface area contributed by atoms with Crippen molar-refractivity contribution >= 4 is 28.4 Å². The van der Waals surface area contributed by atoms with Crippen LogP contribution in [0.25, 0.3) is 22.2 Å². The average Bonchev–Trinajstić information content (AvgIpc) is 3.30. The third-order valence-corrected chi connectivity index (χ3v) is 5.59. The summed E-state index contributed by atoms with van der Waals surface area (Å²) in [4.78, 5) is 27.2. The van der Waals surface area contributed by atoms with Crippen molar-refractivity contribution in [1.29, 1.82) is 0 Å². The van der Waals surface area contributed by atoms with E-state index in [-0.39, 0.29) is 11.8 Å². The number of hydrogen-bond acceptors (Lipinski definition) is 5. The number of nitrogen functional groups attached to an aromatic ring is 1. The van der Waals surface area contributed by atoms with Crippen molar-refractivity contribution in [1.82, 2.24) is 19.5 Å². The molecule has 2 N–H and O–H groups in total. The maximum Gasteiger partial charge on any atom is 0.236 e. The maximum atomic E-state index is 13.1. The Morgan fingerprint density at radius 1 is 1.10 bits per heavy atom. The molecule has 4 aromatic rings. The van der Waals surface area contributed by atoms with Crippen molar-refractivity contribution in [3.8, 4) is 11.1 Å². The smallest absolute Gasteiger partial charge is 0.236 e. The quantitative estimate of drug-likeness (QED) is 0.568. The molecule has 7 nitrogen and oxygen atoms in total. The van der Waals surface area contributed by atoms with E-state index in [1.165, 1.54) is 12.4 Å². The van der Waals surface area contributed by atoms with Gasteiger partial charge in [0.2, 0.25) is 5.91 Å². The minimum atomic E-state index is -0.406. The number of anilines is 2. The van der Waals surface area contributed by atoms with Crippen LogP contribution in [0.1, 0.15) is 18.0 Å². The summed E-state index contributed by atoms with van der Waals surface area (Å²) in [5, 5.41) is 0.812. The molecule has 0 saturated carbocycles. The molecule has 1 aliphatic heterocycles. The SMILES string of the molecule is Cn1cc(-c2ccc(N3CCC(c4ccc(F)cn4)C3=O)cc2)c2c(N)ncnc21. The molecule has 150 valence electrons. The summed E-state index contributed by atoms with van der Waals surface area (Å²) in [7, 11) is 1.92. The number of benzene rings is 1. The summed E-state index contributed by atoms with van der Waals surface area (Å²) in [5.41, 5.74) is 10.2. The lowest BCUT2D eigenvalue weighted by Crippen LogP contribution is -2.26. The lowest BCUT2D eigenvalue weighted by molar-refractivity contribution is -0.118. The minimum absolute atomic E-state index is 0.0235. The minimum Gasteiger partial charge on any atom is -0.383 e. The van der Waals surface area contributed by atoms with Crippen molar-refractivity contribution in [2.24, 2.45) is 7.05 Å². The lowest BCUT2D eigenvalue weighted by Gasteiger charge is -2.17. The zero-order valence-corrected chi connectivity index (χ0v) is 16.3. The van der Waals surface area contributed by atoms with Crippen molar-refractivity contribution in [3.63, 3.8) is 0 Å². The monoisotopic (exact) mass is 402 g/mol. The highest BCUT2D eigenvalue weighted by Gasteiger charge is 2.34. The van der Waals surface area contributed by atoms with Gasteiger partial charge in [0, 0.05) is 31.0 Å². The number of halogens is 1. The van der Waals surface area contributed by atoms with E-state index < -0.39 is 5.82 Å². The van der Waals surface area contributed by atoms with Crippen molar-refractivity contribution < 1.29 is 9.18 Å². The summed E-state index contributed by atoms with van der Waals surface area (Å²) < 4.78 is 15.1. The molecule has 30 heavy (non-hydrogen) atoms. The molecule has 1 fully saturated rings. The van der Waals surface area contributed by atoms with Crippen LogP contribution in [0.4, 0.5) is 15.9 Å². The zero-order chi connectivity index (χ0) is 20.8. The van der Waals surface area contributed by atoms with E-state index in [0.717, 1.165) is 34.0 Å². The Balaban J connectivity index is 1.44. The Morgan fingerprint density at radius 2 is 1.90 bits per heavy atom. The van der Waals surface area contributed by atoms with Crippen molar-refractivity contribution in [2.45, 2.75) is 12.3 Å². The number of aryl methyl sites for hydroxylation is 1. The Hall–Kier alpha value is -3.81. The van der Waals surface area contributed by atoms with E-state index in [4.69, 9.17) is 5.73 Å². The van der Waals surface area contributed by atoms with Crippen LogP contribution in [0.3, 0.4) is 0 Å². The van der Waals surface area contributed by atoms with Gasteiger partial charge in [-0.15, -0.1) is 0 Å². The first kappa shape index (κ1) is 18.2. The Morgan fingerprint density at radius 3 is 2.63 bits per heavy atom. The van der Waals surface area contributed by atoms with Gasteiger partial charge in [0.1, 0.15) is 23.6 Å². The fraction of sp³-hybridized carbons (Fsp3) is 0.182. The van der Waals surface area contributed by atoms with Crippen molar-refractivity contribution in [2.75, 3.05) is 17.2 Å². The number of fused-ring (bicyclic) bond motifs is 1. The fourth-order valence-electron chi connectivity index (χ4n) is 4.08. The molecule has 0 radical (unpaired) electrons. The van der Waals surface area contributed by atoms with E-state index >= 15 is 0 Å². The second-order valence-electron chi connectivity index (χ2n) is 7.39. The summed E-state index contributed by atoms with van der Waals surface area (Å²) in [6.45, 7) is 0.594. The number of nitrogens with zero attached hydrogens (tertiary/aromatic N) is 5. The van der Waals surface area contributed by atoms with Gasteiger partial charge < -0.3 is 15.2 Å². The van der Waals surface area contributed by atoms with Gasteiger partial charge in [0.25, 0.3) is 0 Å². The molecule has 1 aliphatic rings. The third kappa shape index (κ3) is 2.88. The largest absolute Gasteiger partial charge is 0.383 e. The van der Waals surface area contributed by atoms with Crippen LogP contribution in [-0.2, 0) is 11.8 Å². The molecule has 0 bridgehead atoms. The average molecular weight is 402 g/mol. The van der Waals surface area contributed by atoms with Gasteiger partial charge in [-0.25, -0.2) is 14.4 Å². The molecule has 1 amide bonds. The van der Waals surface area contributed by atoms with E-state index in [9.17, 15) is 9.18 Å². The van der Waals surface area contributed by atoms with Crippen LogP contribution >= 0.6 is 0 Å². The molecule has 3 aromatic heterocycles. The Kier molecular flexibility index (Phi) is 4.20. The fourth-order valence-corrected chi connectivity index (χ4v) is 4.08. The Labute approximate surface area is 172 Å². The van der Waals surface area contributed by atoms with Gasteiger partial charge >= 0.3 is 0 Å². The summed E-state index contributed by atoms with van der Waals surface area (Å²) >= 11 is 0. The van der Waals surface area contributed by atoms with Crippen LogP contribution < -0.4 is 10.6 Å². The standard InChI is InChI=1S/C22H19FN6O/c1-28-11-17(19-20(24)26-12-27-21(19)28)13-2-5-15(6-3-13)29-9-8-16(22(29)30)18-7-4-14(23)10-25-18/h2-7,10-12,16H,8-9H2,1H3,(H2,24,26,27). The van der Waals surface area contributed by atoms with Crippen LogP contribution in [0, 0.1) is 5.82 Å². The lowest BCUT2D eigenvalue weighted by atomic mass is 10.0. The highest BCUT2D eigenvalue weighted by molar-refractivity contribution is 6.02. The number of nitrogens with two attached hydrogens (primary N) is 1. The van der Waals surface area contributed by atoms with Gasteiger partial charge in [0.05, 0.1) is 23.2 Å². The molecular weight excluding hydrogens is 383 g/mol. The van der Waals surface area contributed by atoms with E-state index in [2.05, 4.69) is 15.0 Å². The Bertz CT molecular complexity index is 1250. The second kappa shape index (κ2) is 6.91. The van der Waals surface area contributed by atoms with Crippen LogP contribution in [0.5, 0.6) is 0 Å². The number of rotatable bonds is 3. The molecule has 0 aliphatic carbocycles. The summed E-state index contributed by atoms with van der Waals surface area (Å²) in [6, 6.07) is 10.7. The zero-order valence-electron chi connectivity index (χ0n) is 16.3. The molecule has 1 unspecified atom stereocenters. The summed E-state index contributed by atoms with van der Waals surface area (Å²) in [5.74, 6) is -0.342. The van der Waals surface area contributed by atoms with Crippen molar-refractivity contribution in [3.05, 3.63) is 66.6 Å². The number of carbonyl (C=O) groups is 1. The summed E-state index contributed by atoms with van der Waals surface area (Å²) in [6.07, 6.45) is 5.23. The normalized spacial score (nSPS) is 16.5. The van der Waals surface area contributed by atoms with E-state index in [1.54, 1.807) is 11.0 Å². The van der Waals surface area contributed by atoms with Gasteiger partial charge in [-0.05, 0) is 36.2 Å². The maximum absolute atomic E-state index is 13.1. The van der Waals surface area contributed by atoms with Crippen LogP contribution in [-0.4, -0.2) is 32.0 Å². The molecule has 5 rings (SSSR count). The first-order valence-corrected chi connectivity index (χ1v) is 9.61. The predicted molar refractivity (Wildman–Crippen MR) is 112 cm³/mol. The highest BCUT2D eigenvalue weighted by atomic mass is 19.1. The number of carbonyl (C=O) groups excluding carboxylic acids is 1. The molecule has 0 spiro atoms. The van der Waals surface area contributed by atoms with Gasteiger partial charge in [-0.2, -0.15) is 0 Å². The second-order valence-corrected chi connectivity index (χ2v) is 7.39. The van der Waals surface area contributed by atoms with Gasteiger partial charge in [-0.3, -0.25) is 9.78 Å². The number of pyridine rings is 1.